The number of rotatable bonds is 5. The number of aromatic nitrogens is 5. The minimum absolute atomic E-state index is 0.0602. The monoisotopic (exact) mass is 578 g/mol. The summed E-state index contributed by atoms with van der Waals surface area (Å²) >= 11 is 17.9. The molecule has 0 unspecified atom stereocenters. The highest BCUT2D eigenvalue weighted by molar-refractivity contribution is 6.42. The van der Waals surface area contributed by atoms with E-state index in [9.17, 15) is 18.0 Å². The number of fused-ring (bicyclic) bond motifs is 1. The van der Waals surface area contributed by atoms with Crippen molar-refractivity contribution in [3.8, 4) is 11.3 Å². The second kappa shape index (κ2) is 9.94. The summed E-state index contributed by atoms with van der Waals surface area (Å²) in [5.74, 6) is -0.536. The van der Waals surface area contributed by atoms with Crippen molar-refractivity contribution >= 4 is 52.2 Å². The highest BCUT2D eigenvalue weighted by atomic mass is 35.5. The standard InChI is InChI=1S/C25H16Cl3F3N6O/c1-13-8-22(35-36(13)12-14-2-7-17(27)18(28)9-14)33-24(38)20-11-23-32-19(15-3-5-16(26)6-4-15)10-21(25(29,30)31)37(23)34-20/h2-11H,12H2,1H3,(H,33,35,38). The molecule has 5 rings (SSSR count). The summed E-state index contributed by atoms with van der Waals surface area (Å²) in [7, 11) is 0. The topological polar surface area (TPSA) is 77.1 Å². The summed E-state index contributed by atoms with van der Waals surface area (Å²) in [4.78, 5) is 17.2. The zero-order valence-corrected chi connectivity index (χ0v) is 21.7. The summed E-state index contributed by atoms with van der Waals surface area (Å²) in [5, 5.41) is 12.1. The molecule has 0 atom stereocenters. The van der Waals surface area contributed by atoms with Gasteiger partial charge in [0.25, 0.3) is 5.91 Å². The van der Waals surface area contributed by atoms with E-state index in [4.69, 9.17) is 34.8 Å². The number of carbonyl (C=O) groups excluding carboxylic acids is 1. The van der Waals surface area contributed by atoms with Crippen LogP contribution in [-0.2, 0) is 12.7 Å². The fraction of sp³-hybridized carbons (Fsp3) is 0.120. The molecule has 3 heterocycles. The molecule has 0 saturated carbocycles. The van der Waals surface area contributed by atoms with Gasteiger partial charge in [0.15, 0.2) is 22.9 Å². The number of hydrogen-bond acceptors (Lipinski definition) is 4. The maximum atomic E-state index is 13.9. The molecule has 0 fully saturated rings. The Balaban J connectivity index is 1.43. The normalized spacial score (nSPS) is 11.8. The molecule has 0 saturated heterocycles. The van der Waals surface area contributed by atoms with Crippen LogP contribution in [-0.4, -0.2) is 30.3 Å². The molecule has 3 aromatic heterocycles. The Morgan fingerprint density at radius 3 is 2.37 bits per heavy atom. The summed E-state index contributed by atoms with van der Waals surface area (Å²) in [6.45, 7) is 2.15. The second-order valence-electron chi connectivity index (χ2n) is 8.36. The van der Waals surface area contributed by atoms with Crippen LogP contribution >= 0.6 is 34.8 Å². The number of nitrogens with zero attached hydrogens (tertiary/aromatic N) is 5. The molecule has 5 aromatic rings. The van der Waals surface area contributed by atoms with Crippen molar-refractivity contribution in [3.05, 3.63) is 98.4 Å². The molecular formula is C25H16Cl3F3N6O. The van der Waals surface area contributed by atoms with Crippen molar-refractivity contribution in [1.82, 2.24) is 24.4 Å². The van der Waals surface area contributed by atoms with Gasteiger partial charge < -0.3 is 5.32 Å². The predicted molar refractivity (Wildman–Crippen MR) is 139 cm³/mol. The van der Waals surface area contributed by atoms with Crippen molar-refractivity contribution in [2.45, 2.75) is 19.6 Å². The van der Waals surface area contributed by atoms with E-state index in [2.05, 4.69) is 20.5 Å². The van der Waals surface area contributed by atoms with Gasteiger partial charge in [-0.1, -0.05) is 53.0 Å². The molecule has 194 valence electrons. The Bertz CT molecular complexity index is 1680. The Labute approximate surface area is 228 Å². The summed E-state index contributed by atoms with van der Waals surface area (Å²) in [6, 6.07) is 15.1. The largest absolute Gasteiger partial charge is 0.433 e. The molecule has 13 heteroatoms. The molecule has 2 aromatic carbocycles. The van der Waals surface area contributed by atoms with Gasteiger partial charge in [0.05, 0.1) is 22.3 Å². The number of benzene rings is 2. The number of aryl methyl sites for hydroxylation is 1. The third kappa shape index (κ3) is 5.33. The van der Waals surface area contributed by atoms with Gasteiger partial charge in [0.2, 0.25) is 0 Å². The highest BCUT2D eigenvalue weighted by Gasteiger charge is 2.35. The fourth-order valence-corrected chi connectivity index (χ4v) is 4.23. The average molecular weight is 580 g/mol. The lowest BCUT2D eigenvalue weighted by Gasteiger charge is -2.11. The quantitative estimate of drug-likeness (QED) is 0.239. The number of nitrogens with one attached hydrogen (secondary N) is 1. The molecule has 1 N–H and O–H groups in total. The maximum absolute atomic E-state index is 13.9. The SMILES string of the molecule is Cc1cc(NC(=O)c2cc3nc(-c4ccc(Cl)cc4)cc(C(F)(F)F)n3n2)nn1Cc1ccc(Cl)c(Cl)c1. The van der Waals surface area contributed by atoms with Crippen LogP contribution < -0.4 is 5.32 Å². The first-order valence-corrected chi connectivity index (χ1v) is 12.1. The minimum atomic E-state index is -4.75. The van der Waals surface area contributed by atoms with E-state index in [1.165, 1.54) is 6.07 Å². The lowest BCUT2D eigenvalue weighted by molar-refractivity contribution is -0.142. The number of alkyl halides is 3. The van der Waals surface area contributed by atoms with E-state index < -0.39 is 17.8 Å². The predicted octanol–water partition coefficient (Wildman–Crippen LogP) is 7.18. The van der Waals surface area contributed by atoms with Crippen LogP contribution in [0.15, 0.2) is 60.7 Å². The van der Waals surface area contributed by atoms with Gasteiger partial charge in [-0.25, -0.2) is 9.50 Å². The van der Waals surface area contributed by atoms with Crippen molar-refractivity contribution in [2.75, 3.05) is 5.32 Å². The first-order valence-electron chi connectivity index (χ1n) is 11.0. The first kappa shape index (κ1) is 26.0. The minimum Gasteiger partial charge on any atom is -0.304 e. The Morgan fingerprint density at radius 2 is 1.68 bits per heavy atom. The van der Waals surface area contributed by atoms with Gasteiger partial charge in [0.1, 0.15) is 0 Å². The van der Waals surface area contributed by atoms with Gasteiger partial charge in [0, 0.05) is 28.4 Å². The van der Waals surface area contributed by atoms with Crippen LogP contribution in [0.1, 0.15) is 27.4 Å². The lowest BCUT2D eigenvalue weighted by Crippen LogP contribution is -2.16. The highest BCUT2D eigenvalue weighted by Crippen LogP contribution is 2.33. The zero-order chi connectivity index (χ0) is 27.2. The van der Waals surface area contributed by atoms with E-state index in [1.54, 1.807) is 60.1 Å². The Kier molecular flexibility index (Phi) is 6.81. The lowest BCUT2D eigenvalue weighted by atomic mass is 10.1. The van der Waals surface area contributed by atoms with E-state index >= 15 is 0 Å². The van der Waals surface area contributed by atoms with Gasteiger partial charge in [-0.05, 0) is 42.8 Å². The van der Waals surface area contributed by atoms with Crippen LogP contribution in [0.25, 0.3) is 16.9 Å². The van der Waals surface area contributed by atoms with Gasteiger partial charge in [-0.3, -0.25) is 9.48 Å². The van der Waals surface area contributed by atoms with E-state index in [0.29, 0.717) is 31.7 Å². The molecule has 0 aliphatic heterocycles. The van der Waals surface area contributed by atoms with Crippen molar-refractivity contribution in [3.63, 3.8) is 0 Å². The molecule has 0 aliphatic rings. The average Bonchev–Trinajstić information content (AvgIpc) is 3.43. The van der Waals surface area contributed by atoms with E-state index in [1.807, 2.05) is 0 Å². The van der Waals surface area contributed by atoms with Crippen molar-refractivity contribution in [2.24, 2.45) is 0 Å². The van der Waals surface area contributed by atoms with Crippen LogP contribution in [0, 0.1) is 6.92 Å². The fourth-order valence-electron chi connectivity index (χ4n) is 3.78. The molecule has 38 heavy (non-hydrogen) atoms. The smallest absolute Gasteiger partial charge is 0.304 e. The number of anilines is 1. The number of hydrogen-bond donors (Lipinski definition) is 1. The molecule has 0 bridgehead atoms. The molecular weight excluding hydrogens is 564 g/mol. The van der Waals surface area contributed by atoms with Gasteiger partial charge in [-0.2, -0.15) is 23.4 Å². The van der Waals surface area contributed by atoms with E-state index in [-0.39, 0.29) is 22.9 Å². The molecule has 0 aliphatic carbocycles. The van der Waals surface area contributed by atoms with Crippen molar-refractivity contribution < 1.29 is 18.0 Å². The zero-order valence-electron chi connectivity index (χ0n) is 19.4. The van der Waals surface area contributed by atoms with E-state index in [0.717, 1.165) is 17.3 Å². The van der Waals surface area contributed by atoms with Crippen molar-refractivity contribution in [1.29, 1.82) is 0 Å². The molecule has 0 spiro atoms. The van der Waals surface area contributed by atoms with Crippen LogP contribution in [0.5, 0.6) is 0 Å². The third-order valence-electron chi connectivity index (χ3n) is 5.63. The molecule has 0 radical (unpaired) electrons. The summed E-state index contributed by atoms with van der Waals surface area (Å²) < 4.78 is 43.8. The number of amides is 1. The van der Waals surface area contributed by atoms with Crippen LogP contribution in [0.2, 0.25) is 15.1 Å². The Morgan fingerprint density at radius 1 is 0.947 bits per heavy atom. The van der Waals surface area contributed by atoms with Crippen LogP contribution in [0.4, 0.5) is 19.0 Å². The summed E-state index contributed by atoms with van der Waals surface area (Å²) in [6.07, 6.45) is -4.75. The van der Waals surface area contributed by atoms with Gasteiger partial charge in [-0.15, -0.1) is 0 Å². The van der Waals surface area contributed by atoms with Gasteiger partial charge >= 0.3 is 6.18 Å². The second-order valence-corrected chi connectivity index (χ2v) is 9.61. The number of halogens is 6. The third-order valence-corrected chi connectivity index (χ3v) is 6.62. The Hall–Kier alpha value is -3.60. The molecule has 7 nitrogen and oxygen atoms in total. The summed E-state index contributed by atoms with van der Waals surface area (Å²) in [5.41, 5.74) is 0.584. The first-order chi connectivity index (χ1) is 18.0. The molecule has 1 amide bonds. The maximum Gasteiger partial charge on any atom is 0.433 e. The van der Waals surface area contributed by atoms with Crippen LogP contribution in [0.3, 0.4) is 0 Å². The number of carbonyl (C=O) groups is 1.